The van der Waals surface area contributed by atoms with E-state index in [1.165, 1.54) is 16.2 Å². The molecule has 0 aliphatic carbocycles. The lowest BCUT2D eigenvalue weighted by Crippen LogP contribution is -1.98. The highest BCUT2D eigenvalue weighted by Crippen LogP contribution is 2.22. The molecule has 2 nitrogen and oxygen atoms in total. The van der Waals surface area contributed by atoms with Crippen LogP contribution in [0.1, 0.15) is 32.8 Å². The van der Waals surface area contributed by atoms with Crippen LogP contribution >= 0.6 is 11.3 Å². The van der Waals surface area contributed by atoms with Gasteiger partial charge in [-0.2, -0.15) is 0 Å². The van der Waals surface area contributed by atoms with E-state index in [-0.39, 0.29) is 5.78 Å². The van der Waals surface area contributed by atoms with Crippen LogP contribution in [-0.2, 0) is 6.42 Å². The van der Waals surface area contributed by atoms with Crippen molar-refractivity contribution in [2.45, 2.75) is 20.3 Å². The zero-order valence-corrected chi connectivity index (χ0v) is 9.56. The maximum atomic E-state index is 12.0. The standard InChI is InChI=1S/C12H12O2S/c1-3-9-4-5-10(15-9)11(13)12-8(2)6-7-14-12/h4-7H,3H2,1-2H3. The molecule has 0 aliphatic rings. The van der Waals surface area contributed by atoms with E-state index in [4.69, 9.17) is 4.42 Å². The molecule has 15 heavy (non-hydrogen) atoms. The molecule has 0 fully saturated rings. The second-order valence-corrected chi connectivity index (χ2v) is 4.55. The first-order valence-electron chi connectivity index (χ1n) is 4.90. The predicted molar refractivity (Wildman–Crippen MR) is 60.6 cm³/mol. The number of carbonyl (C=O) groups excluding carboxylic acids is 1. The predicted octanol–water partition coefficient (Wildman–Crippen LogP) is 3.44. The highest BCUT2D eigenvalue weighted by molar-refractivity contribution is 7.14. The van der Waals surface area contributed by atoms with Crippen molar-refractivity contribution < 1.29 is 9.21 Å². The van der Waals surface area contributed by atoms with Crippen molar-refractivity contribution in [1.29, 1.82) is 0 Å². The Morgan fingerprint density at radius 2 is 2.20 bits per heavy atom. The molecule has 0 radical (unpaired) electrons. The summed E-state index contributed by atoms with van der Waals surface area (Å²) in [4.78, 5) is 14.0. The summed E-state index contributed by atoms with van der Waals surface area (Å²) >= 11 is 1.54. The van der Waals surface area contributed by atoms with Gasteiger partial charge in [-0.1, -0.05) is 6.92 Å². The fourth-order valence-corrected chi connectivity index (χ4v) is 2.29. The van der Waals surface area contributed by atoms with Crippen molar-refractivity contribution in [2.24, 2.45) is 0 Å². The van der Waals surface area contributed by atoms with Crippen LogP contribution in [0.15, 0.2) is 28.9 Å². The lowest BCUT2D eigenvalue weighted by Gasteiger charge is -1.94. The molecule has 0 amide bonds. The van der Waals surface area contributed by atoms with Crippen molar-refractivity contribution in [2.75, 3.05) is 0 Å². The summed E-state index contributed by atoms with van der Waals surface area (Å²) in [6, 6.07) is 5.67. The summed E-state index contributed by atoms with van der Waals surface area (Å²) < 4.78 is 5.18. The minimum Gasteiger partial charge on any atom is -0.461 e. The van der Waals surface area contributed by atoms with Gasteiger partial charge >= 0.3 is 0 Å². The van der Waals surface area contributed by atoms with E-state index in [1.807, 2.05) is 25.1 Å². The van der Waals surface area contributed by atoms with Crippen LogP contribution in [0.25, 0.3) is 0 Å². The molecule has 2 aromatic heterocycles. The normalized spacial score (nSPS) is 10.5. The van der Waals surface area contributed by atoms with E-state index in [0.717, 1.165) is 16.9 Å². The lowest BCUT2D eigenvalue weighted by molar-refractivity contribution is 0.101. The summed E-state index contributed by atoms with van der Waals surface area (Å²) in [5, 5.41) is 0. The Labute approximate surface area is 92.5 Å². The molecular formula is C12H12O2S. The summed E-state index contributed by atoms with van der Waals surface area (Å²) in [6.07, 6.45) is 2.52. The first kappa shape index (κ1) is 10.2. The van der Waals surface area contributed by atoms with Crippen molar-refractivity contribution in [3.05, 3.63) is 45.5 Å². The van der Waals surface area contributed by atoms with Gasteiger partial charge in [-0.15, -0.1) is 11.3 Å². The topological polar surface area (TPSA) is 30.2 Å². The van der Waals surface area contributed by atoms with E-state index in [0.29, 0.717) is 5.76 Å². The molecule has 0 saturated carbocycles. The summed E-state index contributed by atoms with van der Waals surface area (Å²) in [5.41, 5.74) is 0.895. The largest absolute Gasteiger partial charge is 0.461 e. The van der Waals surface area contributed by atoms with Gasteiger partial charge in [0.1, 0.15) is 0 Å². The quantitative estimate of drug-likeness (QED) is 0.742. The SMILES string of the molecule is CCc1ccc(C(=O)c2occc2C)s1. The molecule has 2 rings (SSSR count). The average Bonchev–Trinajstić information content (AvgIpc) is 2.84. The third kappa shape index (κ3) is 1.88. The van der Waals surface area contributed by atoms with Crippen LogP contribution in [-0.4, -0.2) is 5.78 Å². The smallest absolute Gasteiger partial charge is 0.238 e. The minimum absolute atomic E-state index is 0.0119. The number of ketones is 1. The molecule has 0 atom stereocenters. The van der Waals surface area contributed by atoms with Gasteiger partial charge in [0.05, 0.1) is 11.1 Å². The van der Waals surface area contributed by atoms with E-state index < -0.39 is 0 Å². The third-order valence-corrected chi connectivity index (χ3v) is 3.53. The monoisotopic (exact) mass is 220 g/mol. The molecule has 0 spiro atoms. The van der Waals surface area contributed by atoms with Crippen molar-refractivity contribution in [3.63, 3.8) is 0 Å². The number of carbonyl (C=O) groups is 1. The lowest BCUT2D eigenvalue weighted by atomic mass is 10.2. The first-order valence-corrected chi connectivity index (χ1v) is 5.71. The van der Waals surface area contributed by atoms with E-state index in [9.17, 15) is 4.79 Å². The Kier molecular flexibility index (Phi) is 2.73. The summed E-state index contributed by atoms with van der Waals surface area (Å²) in [7, 11) is 0. The van der Waals surface area contributed by atoms with Crippen LogP contribution in [0, 0.1) is 6.92 Å². The number of hydrogen-bond acceptors (Lipinski definition) is 3. The molecule has 0 aliphatic heterocycles. The number of rotatable bonds is 3. The Balaban J connectivity index is 2.32. The highest BCUT2D eigenvalue weighted by atomic mass is 32.1. The number of aryl methyl sites for hydroxylation is 2. The van der Waals surface area contributed by atoms with Crippen LogP contribution in [0.3, 0.4) is 0 Å². The molecule has 3 heteroatoms. The van der Waals surface area contributed by atoms with Gasteiger partial charge in [0, 0.05) is 4.88 Å². The Hall–Kier alpha value is -1.35. The van der Waals surface area contributed by atoms with Gasteiger partial charge in [0.25, 0.3) is 0 Å². The zero-order valence-electron chi connectivity index (χ0n) is 8.74. The van der Waals surface area contributed by atoms with Gasteiger partial charge in [0.15, 0.2) is 5.76 Å². The second kappa shape index (κ2) is 4.03. The van der Waals surface area contributed by atoms with Crippen molar-refractivity contribution in [1.82, 2.24) is 0 Å². The second-order valence-electron chi connectivity index (χ2n) is 3.38. The molecule has 2 aromatic rings. The van der Waals surface area contributed by atoms with Crippen LogP contribution < -0.4 is 0 Å². The fourth-order valence-electron chi connectivity index (χ4n) is 1.41. The van der Waals surface area contributed by atoms with Gasteiger partial charge in [0.2, 0.25) is 5.78 Å². The van der Waals surface area contributed by atoms with E-state index in [1.54, 1.807) is 6.26 Å². The van der Waals surface area contributed by atoms with Gasteiger partial charge in [-0.3, -0.25) is 4.79 Å². The Bertz CT molecular complexity index is 479. The molecule has 0 saturated heterocycles. The maximum Gasteiger partial charge on any atom is 0.238 e. The average molecular weight is 220 g/mol. The number of thiophene rings is 1. The Morgan fingerprint density at radius 1 is 1.40 bits per heavy atom. The van der Waals surface area contributed by atoms with Crippen LogP contribution in [0.4, 0.5) is 0 Å². The summed E-state index contributed by atoms with van der Waals surface area (Å²) in [5.74, 6) is 0.446. The van der Waals surface area contributed by atoms with E-state index >= 15 is 0 Å². The molecule has 0 N–H and O–H groups in total. The van der Waals surface area contributed by atoms with E-state index in [2.05, 4.69) is 6.92 Å². The van der Waals surface area contributed by atoms with Gasteiger partial charge in [-0.25, -0.2) is 0 Å². The maximum absolute atomic E-state index is 12.0. The van der Waals surface area contributed by atoms with Crippen LogP contribution in [0.5, 0.6) is 0 Å². The first-order chi connectivity index (χ1) is 7.22. The summed E-state index contributed by atoms with van der Waals surface area (Å²) in [6.45, 7) is 3.96. The Morgan fingerprint density at radius 3 is 2.73 bits per heavy atom. The number of furan rings is 1. The zero-order chi connectivity index (χ0) is 10.8. The molecule has 0 unspecified atom stereocenters. The third-order valence-electron chi connectivity index (χ3n) is 2.30. The van der Waals surface area contributed by atoms with Crippen molar-refractivity contribution >= 4 is 17.1 Å². The molecule has 0 aromatic carbocycles. The molecule has 78 valence electrons. The van der Waals surface area contributed by atoms with Gasteiger partial charge in [-0.05, 0) is 37.1 Å². The molecular weight excluding hydrogens is 208 g/mol. The van der Waals surface area contributed by atoms with Crippen LogP contribution in [0.2, 0.25) is 0 Å². The molecule has 2 heterocycles. The highest BCUT2D eigenvalue weighted by Gasteiger charge is 2.16. The van der Waals surface area contributed by atoms with Crippen molar-refractivity contribution in [3.8, 4) is 0 Å². The van der Waals surface area contributed by atoms with Gasteiger partial charge < -0.3 is 4.42 Å². The number of hydrogen-bond donors (Lipinski definition) is 0. The minimum atomic E-state index is -0.0119. The molecule has 0 bridgehead atoms. The fraction of sp³-hybridized carbons (Fsp3) is 0.250.